The number of carbonyl (C=O) groups excluding carboxylic acids is 1. The zero-order valence-corrected chi connectivity index (χ0v) is 10.8. The average molecular weight is 259 g/mol. The molecule has 0 unspecified atom stereocenters. The van der Waals surface area contributed by atoms with Gasteiger partial charge >= 0.3 is 0 Å². The summed E-state index contributed by atoms with van der Waals surface area (Å²) in [6.07, 6.45) is 4.07. The Morgan fingerprint density at radius 1 is 1.53 bits per heavy atom. The minimum Gasteiger partial charge on any atom is -0.465 e. The second kappa shape index (κ2) is 4.50. The van der Waals surface area contributed by atoms with Crippen molar-refractivity contribution in [1.82, 2.24) is 9.88 Å². The minimum absolute atomic E-state index is 0.113. The largest absolute Gasteiger partial charge is 0.465 e. The topological polar surface area (TPSA) is 73.2 Å². The fourth-order valence-corrected chi connectivity index (χ4v) is 2.18. The molecule has 2 heterocycles. The third-order valence-corrected chi connectivity index (χ3v) is 3.26. The van der Waals surface area contributed by atoms with E-state index in [1.807, 2.05) is 29.8 Å². The van der Waals surface area contributed by atoms with Crippen molar-refractivity contribution in [3.63, 3.8) is 0 Å². The quantitative estimate of drug-likeness (QED) is 0.884. The van der Waals surface area contributed by atoms with Gasteiger partial charge < -0.3 is 20.0 Å². The summed E-state index contributed by atoms with van der Waals surface area (Å²) in [5, 5.41) is 2.86. The summed E-state index contributed by atoms with van der Waals surface area (Å²) in [4.78, 5) is 12.2. The fourth-order valence-electron chi connectivity index (χ4n) is 2.18. The highest BCUT2D eigenvalue weighted by Gasteiger charge is 2.27. The fraction of sp³-hybridized carbons (Fsp3) is 0.357. The van der Waals surface area contributed by atoms with E-state index in [0.717, 1.165) is 24.4 Å². The van der Waals surface area contributed by atoms with Gasteiger partial charge in [0.25, 0.3) is 5.91 Å². The molecule has 1 aliphatic carbocycles. The maximum atomic E-state index is 12.2. The molecule has 19 heavy (non-hydrogen) atoms. The molecular weight excluding hydrogens is 242 g/mol. The molecule has 0 spiro atoms. The summed E-state index contributed by atoms with van der Waals surface area (Å²) in [5.74, 6) is 1.48. The van der Waals surface area contributed by atoms with Crippen molar-refractivity contribution in [3.8, 4) is 0 Å². The lowest BCUT2D eigenvalue weighted by molar-refractivity contribution is 0.0938. The molecule has 2 aromatic rings. The Balaban J connectivity index is 1.70. The SMILES string of the molecule is Cc1ccc(CNC(=O)c2cc(N)cn2C2CC2)o1. The van der Waals surface area contributed by atoms with Crippen molar-refractivity contribution >= 4 is 11.6 Å². The van der Waals surface area contributed by atoms with Gasteiger partial charge in [0.05, 0.1) is 12.2 Å². The van der Waals surface area contributed by atoms with Crippen LogP contribution in [0.2, 0.25) is 0 Å². The highest BCUT2D eigenvalue weighted by Crippen LogP contribution is 2.37. The Labute approximate surface area is 111 Å². The van der Waals surface area contributed by atoms with E-state index in [-0.39, 0.29) is 5.91 Å². The Bertz CT molecular complexity index is 608. The van der Waals surface area contributed by atoms with Crippen LogP contribution in [0.4, 0.5) is 5.69 Å². The van der Waals surface area contributed by atoms with Crippen LogP contribution in [0.5, 0.6) is 0 Å². The molecule has 0 aromatic carbocycles. The number of furan rings is 1. The molecule has 3 N–H and O–H groups in total. The number of nitrogens with one attached hydrogen (secondary N) is 1. The van der Waals surface area contributed by atoms with Crippen LogP contribution in [0.15, 0.2) is 28.8 Å². The van der Waals surface area contributed by atoms with E-state index >= 15 is 0 Å². The van der Waals surface area contributed by atoms with Gasteiger partial charge in [0, 0.05) is 12.2 Å². The predicted molar refractivity (Wildman–Crippen MR) is 71.7 cm³/mol. The molecular formula is C14H17N3O2. The van der Waals surface area contributed by atoms with Crippen molar-refractivity contribution in [3.05, 3.63) is 41.6 Å². The first kappa shape index (κ1) is 11.9. The number of aromatic nitrogens is 1. The summed E-state index contributed by atoms with van der Waals surface area (Å²) >= 11 is 0. The second-order valence-electron chi connectivity index (χ2n) is 4.99. The standard InChI is InChI=1S/C14H17N3O2/c1-9-2-5-12(19-9)7-16-14(18)13-6-10(15)8-17(13)11-3-4-11/h2,5-6,8,11H,3-4,7,15H2,1H3,(H,16,18). The summed E-state index contributed by atoms with van der Waals surface area (Å²) in [5.41, 5.74) is 7.03. The molecule has 5 heteroatoms. The number of hydrogen-bond donors (Lipinski definition) is 2. The minimum atomic E-state index is -0.113. The van der Waals surface area contributed by atoms with Crippen LogP contribution >= 0.6 is 0 Å². The summed E-state index contributed by atoms with van der Waals surface area (Å²) in [6.45, 7) is 2.27. The molecule has 0 radical (unpaired) electrons. The van der Waals surface area contributed by atoms with Crippen molar-refractivity contribution in [2.24, 2.45) is 0 Å². The normalized spacial score (nSPS) is 14.6. The first-order valence-electron chi connectivity index (χ1n) is 6.44. The Hall–Kier alpha value is -2.17. The van der Waals surface area contributed by atoms with Gasteiger partial charge in [-0.25, -0.2) is 0 Å². The first-order chi connectivity index (χ1) is 9.13. The van der Waals surface area contributed by atoms with Gasteiger partial charge in [0.15, 0.2) is 0 Å². The number of nitrogens with two attached hydrogens (primary N) is 1. The molecule has 1 saturated carbocycles. The van der Waals surface area contributed by atoms with Crippen LogP contribution < -0.4 is 11.1 Å². The van der Waals surface area contributed by atoms with E-state index in [1.54, 1.807) is 6.07 Å². The second-order valence-corrected chi connectivity index (χ2v) is 4.99. The van der Waals surface area contributed by atoms with Crippen LogP contribution in [0, 0.1) is 6.92 Å². The smallest absolute Gasteiger partial charge is 0.268 e. The Morgan fingerprint density at radius 3 is 2.95 bits per heavy atom. The molecule has 0 atom stereocenters. The lowest BCUT2D eigenvalue weighted by Crippen LogP contribution is -2.25. The van der Waals surface area contributed by atoms with E-state index in [9.17, 15) is 4.79 Å². The van der Waals surface area contributed by atoms with Gasteiger partial charge in [-0.05, 0) is 38.0 Å². The molecule has 3 rings (SSSR count). The summed E-state index contributed by atoms with van der Waals surface area (Å²) in [6, 6.07) is 5.90. The van der Waals surface area contributed by atoms with Crippen LogP contribution in [0.3, 0.4) is 0 Å². The van der Waals surface area contributed by atoms with Gasteiger partial charge in [0.2, 0.25) is 0 Å². The van der Waals surface area contributed by atoms with Gasteiger partial charge in [0.1, 0.15) is 17.2 Å². The number of hydrogen-bond acceptors (Lipinski definition) is 3. The van der Waals surface area contributed by atoms with Gasteiger partial charge in [-0.15, -0.1) is 0 Å². The molecule has 5 nitrogen and oxygen atoms in total. The van der Waals surface area contributed by atoms with Gasteiger partial charge in [-0.1, -0.05) is 0 Å². The zero-order chi connectivity index (χ0) is 13.4. The lowest BCUT2D eigenvalue weighted by atomic mass is 10.3. The van der Waals surface area contributed by atoms with Crippen LogP contribution in [0.25, 0.3) is 0 Å². The van der Waals surface area contributed by atoms with Crippen molar-refractivity contribution < 1.29 is 9.21 Å². The monoisotopic (exact) mass is 259 g/mol. The van der Waals surface area contributed by atoms with E-state index in [4.69, 9.17) is 10.2 Å². The molecule has 0 aliphatic heterocycles. The number of anilines is 1. The van der Waals surface area contributed by atoms with Crippen LogP contribution in [-0.4, -0.2) is 10.5 Å². The number of nitrogen functional groups attached to an aromatic ring is 1. The van der Waals surface area contributed by atoms with E-state index < -0.39 is 0 Å². The molecule has 0 bridgehead atoms. The Kier molecular flexibility index (Phi) is 2.81. The third-order valence-electron chi connectivity index (χ3n) is 3.26. The number of nitrogens with zero attached hydrogens (tertiary/aromatic N) is 1. The van der Waals surface area contributed by atoms with E-state index in [0.29, 0.717) is 24.0 Å². The maximum Gasteiger partial charge on any atom is 0.268 e. The number of rotatable bonds is 4. The van der Waals surface area contributed by atoms with Crippen molar-refractivity contribution in [1.29, 1.82) is 0 Å². The first-order valence-corrected chi connectivity index (χ1v) is 6.44. The van der Waals surface area contributed by atoms with Crippen LogP contribution in [-0.2, 0) is 6.54 Å². The number of carbonyl (C=O) groups is 1. The molecule has 2 aromatic heterocycles. The number of amides is 1. The van der Waals surface area contributed by atoms with Crippen molar-refractivity contribution in [2.45, 2.75) is 32.4 Å². The maximum absolute atomic E-state index is 12.2. The average Bonchev–Trinajstić information content (AvgIpc) is 3.03. The molecule has 0 saturated heterocycles. The molecule has 1 fully saturated rings. The van der Waals surface area contributed by atoms with E-state index in [1.165, 1.54) is 0 Å². The Morgan fingerprint density at radius 2 is 2.32 bits per heavy atom. The third kappa shape index (κ3) is 2.50. The zero-order valence-electron chi connectivity index (χ0n) is 10.8. The molecule has 100 valence electrons. The summed E-state index contributed by atoms with van der Waals surface area (Å²) in [7, 11) is 0. The van der Waals surface area contributed by atoms with Crippen LogP contribution in [0.1, 0.15) is 40.9 Å². The van der Waals surface area contributed by atoms with E-state index in [2.05, 4.69) is 5.32 Å². The lowest BCUT2D eigenvalue weighted by Gasteiger charge is -2.07. The van der Waals surface area contributed by atoms with Gasteiger partial charge in [-0.2, -0.15) is 0 Å². The summed E-state index contributed by atoms with van der Waals surface area (Å²) < 4.78 is 7.39. The highest BCUT2D eigenvalue weighted by atomic mass is 16.3. The highest BCUT2D eigenvalue weighted by molar-refractivity contribution is 5.93. The van der Waals surface area contributed by atoms with Gasteiger partial charge in [-0.3, -0.25) is 4.79 Å². The predicted octanol–water partition coefficient (Wildman–Crippen LogP) is 2.24. The number of aryl methyl sites for hydroxylation is 1. The molecule has 1 amide bonds. The van der Waals surface area contributed by atoms with Crippen molar-refractivity contribution in [2.75, 3.05) is 5.73 Å². The molecule has 1 aliphatic rings.